The van der Waals surface area contributed by atoms with E-state index < -0.39 is 0 Å². The number of carbonyl (C=O) groups excluding carboxylic acids is 1. The van der Waals surface area contributed by atoms with Crippen molar-refractivity contribution < 1.29 is 23.4 Å². The third kappa shape index (κ3) is 8.22. The van der Waals surface area contributed by atoms with Crippen molar-refractivity contribution in [1.82, 2.24) is 10.6 Å². The number of hydrogen-bond acceptors (Lipinski definition) is 8. The molecule has 48 heavy (non-hydrogen) atoms. The van der Waals surface area contributed by atoms with Crippen molar-refractivity contribution in [2.75, 3.05) is 58.0 Å². The summed E-state index contributed by atoms with van der Waals surface area (Å²) in [4.78, 5) is 16.9. The molecule has 0 saturated heterocycles. The zero-order valence-electron chi connectivity index (χ0n) is 27.3. The van der Waals surface area contributed by atoms with E-state index in [1.54, 1.807) is 0 Å². The van der Waals surface area contributed by atoms with Gasteiger partial charge in [-0.2, -0.15) is 0 Å². The number of carbonyl (C=O) groups is 1. The van der Waals surface area contributed by atoms with Crippen LogP contribution in [0.1, 0.15) is 40.4 Å². The summed E-state index contributed by atoms with van der Waals surface area (Å²) in [5.41, 5.74) is 8.30. The Balaban J connectivity index is 0.669. The fourth-order valence-corrected chi connectivity index (χ4v) is 6.66. The maximum atomic E-state index is 12.3. The standard InChI is InChI=1S/C39H44N4O5/c44-36(11-8-28-7-10-32-34(23-28)43-33-12-13-42-39-37(32)38(33)39)41-15-17-46-19-21-47-20-18-45-16-14-40-26-29-6-9-30-25-31(48-35(30)24-29)22-27-4-2-1-3-5-27/h1-7,9-10,12-13,23-25,37-40,43H,8,11,14-22,26H2,(H,41,44). The number of amides is 1. The molecule has 3 aromatic carbocycles. The van der Waals surface area contributed by atoms with Gasteiger partial charge in [0.15, 0.2) is 0 Å². The SMILES string of the molecule is O=C(CCc1ccc2c(c1)NC1=CC=NC3C1C23)NCCOCCOCCOCCNCc1ccc2cc(Cc3ccccc3)oc2c1. The molecule has 9 heteroatoms. The predicted octanol–water partition coefficient (Wildman–Crippen LogP) is 5.39. The van der Waals surface area contributed by atoms with Crippen molar-refractivity contribution in [1.29, 1.82) is 0 Å². The minimum atomic E-state index is 0.0353. The van der Waals surface area contributed by atoms with Crippen LogP contribution >= 0.6 is 0 Å². The van der Waals surface area contributed by atoms with Crippen molar-refractivity contribution in [2.45, 2.75) is 37.8 Å². The zero-order chi connectivity index (χ0) is 32.5. The number of nitrogens with zero attached hydrogens (tertiary/aromatic N) is 1. The van der Waals surface area contributed by atoms with E-state index >= 15 is 0 Å². The summed E-state index contributed by atoms with van der Waals surface area (Å²) < 4.78 is 23.0. The van der Waals surface area contributed by atoms with Crippen LogP contribution in [0.4, 0.5) is 5.69 Å². The minimum Gasteiger partial charge on any atom is -0.461 e. The molecule has 3 atom stereocenters. The van der Waals surface area contributed by atoms with Crippen LogP contribution < -0.4 is 16.0 Å². The van der Waals surface area contributed by atoms with Gasteiger partial charge in [0.25, 0.3) is 0 Å². The van der Waals surface area contributed by atoms with E-state index in [1.807, 2.05) is 12.3 Å². The van der Waals surface area contributed by atoms with E-state index in [1.165, 1.54) is 22.4 Å². The molecule has 9 nitrogen and oxygen atoms in total. The van der Waals surface area contributed by atoms with Crippen molar-refractivity contribution >= 4 is 28.8 Å². The van der Waals surface area contributed by atoms with Crippen LogP contribution in [-0.2, 0) is 38.4 Å². The maximum absolute atomic E-state index is 12.3. The molecule has 2 aliphatic heterocycles. The highest BCUT2D eigenvalue weighted by Gasteiger charge is 2.57. The van der Waals surface area contributed by atoms with Gasteiger partial charge >= 0.3 is 0 Å². The van der Waals surface area contributed by atoms with Crippen LogP contribution in [0.15, 0.2) is 94.0 Å². The van der Waals surface area contributed by atoms with Gasteiger partial charge in [0, 0.05) is 67.3 Å². The van der Waals surface area contributed by atoms with Gasteiger partial charge in [-0.1, -0.05) is 54.6 Å². The van der Waals surface area contributed by atoms with Crippen LogP contribution in [0.3, 0.4) is 0 Å². The van der Waals surface area contributed by atoms with Gasteiger partial charge < -0.3 is 34.6 Å². The fraction of sp³-hybridized carbons (Fsp3) is 0.385. The van der Waals surface area contributed by atoms with E-state index in [0.29, 0.717) is 76.9 Å². The molecule has 3 heterocycles. The maximum Gasteiger partial charge on any atom is 0.220 e. The van der Waals surface area contributed by atoms with Gasteiger partial charge in [0.2, 0.25) is 5.91 Å². The summed E-state index contributed by atoms with van der Waals surface area (Å²) in [6.07, 6.45) is 5.96. The normalized spacial score (nSPS) is 18.6. The summed E-state index contributed by atoms with van der Waals surface area (Å²) in [6.45, 7) is 5.11. The number of fused-ring (bicyclic) bond motifs is 4. The Hall–Kier alpha value is -4.28. The molecule has 0 radical (unpaired) electrons. The molecule has 1 aliphatic carbocycles. The second-order valence-electron chi connectivity index (χ2n) is 12.6. The molecule has 1 amide bonds. The number of furan rings is 1. The number of hydrogen-bond donors (Lipinski definition) is 3. The number of allylic oxidation sites excluding steroid dienone is 1. The second-order valence-corrected chi connectivity index (χ2v) is 12.6. The lowest BCUT2D eigenvalue weighted by molar-refractivity contribution is -0.121. The van der Waals surface area contributed by atoms with Crippen LogP contribution in [0, 0.1) is 5.92 Å². The summed E-state index contributed by atoms with van der Waals surface area (Å²) in [5.74, 6) is 2.05. The molecule has 1 saturated carbocycles. The lowest BCUT2D eigenvalue weighted by Gasteiger charge is -2.20. The molecule has 3 N–H and O–H groups in total. The molecule has 4 aromatic rings. The summed E-state index contributed by atoms with van der Waals surface area (Å²) in [7, 11) is 0. The number of rotatable bonds is 19. The average Bonchev–Trinajstić information content (AvgIpc) is 3.71. The Morgan fingerprint density at radius 3 is 2.46 bits per heavy atom. The molecular formula is C39H44N4O5. The van der Waals surface area contributed by atoms with E-state index in [-0.39, 0.29) is 5.91 Å². The molecule has 3 aliphatic rings. The Kier molecular flexibility index (Phi) is 10.6. The van der Waals surface area contributed by atoms with Gasteiger partial charge in [-0.15, -0.1) is 0 Å². The second kappa shape index (κ2) is 15.7. The van der Waals surface area contributed by atoms with E-state index in [0.717, 1.165) is 47.5 Å². The number of aryl methyl sites for hydroxylation is 1. The fourth-order valence-electron chi connectivity index (χ4n) is 6.66. The topological polar surface area (TPSA) is 106 Å². The Labute approximate surface area is 281 Å². The molecular weight excluding hydrogens is 604 g/mol. The quantitative estimate of drug-likeness (QED) is 0.117. The lowest BCUT2D eigenvalue weighted by Crippen LogP contribution is -2.27. The van der Waals surface area contributed by atoms with Crippen molar-refractivity contribution in [3.05, 3.63) is 113 Å². The number of anilines is 1. The smallest absolute Gasteiger partial charge is 0.220 e. The Morgan fingerprint density at radius 2 is 1.60 bits per heavy atom. The van der Waals surface area contributed by atoms with Crippen molar-refractivity contribution in [2.24, 2.45) is 10.9 Å². The number of dihydropyridines is 1. The van der Waals surface area contributed by atoms with E-state index in [4.69, 9.17) is 18.6 Å². The molecule has 3 unspecified atom stereocenters. The Morgan fingerprint density at radius 1 is 0.812 bits per heavy atom. The predicted molar refractivity (Wildman–Crippen MR) is 188 cm³/mol. The van der Waals surface area contributed by atoms with Gasteiger partial charge in [-0.25, -0.2) is 0 Å². The highest BCUT2D eigenvalue weighted by molar-refractivity contribution is 5.81. The summed E-state index contributed by atoms with van der Waals surface area (Å²) >= 11 is 0. The first-order valence-corrected chi connectivity index (χ1v) is 17.1. The largest absolute Gasteiger partial charge is 0.461 e. The molecule has 250 valence electrons. The van der Waals surface area contributed by atoms with Crippen LogP contribution in [0.5, 0.6) is 0 Å². The third-order valence-electron chi connectivity index (χ3n) is 9.17. The number of benzene rings is 3. The zero-order valence-corrected chi connectivity index (χ0v) is 27.3. The van der Waals surface area contributed by atoms with E-state index in [2.05, 4.69) is 93.7 Å². The highest BCUT2D eigenvalue weighted by Crippen LogP contribution is 2.59. The molecule has 1 aromatic heterocycles. The number of nitrogens with one attached hydrogen (secondary N) is 3. The van der Waals surface area contributed by atoms with Gasteiger partial charge in [-0.05, 0) is 52.9 Å². The first-order valence-electron chi connectivity index (χ1n) is 17.1. The summed E-state index contributed by atoms with van der Waals surface area (Å²) in [6, 6.07) is 25.8. The third-order valence-corrected chi connectivity index (χ3v) is 9.17. The first-order chi connectivity index (χ1) is 23.7. The minimum absolute atomic E-state index is 0.0353. The van der Waals surface area contributed by atoms with Crippen molar-refractivity contribution in [3.63, 3.8) is 0 Å². The van der Waals surface area contributed by atoms with Crippen LogP contribution in [0.25, 0.3) is 11.0 Å². The van der Waals surface area contributed by atoms with Gasteiger partial charge in [-0.3, -0.25) is 9.79 Å². The highest BCUT2D eigenvalue weighted by atomic mass is 16.5. The van der Waals surface area contributed by atoms with Crippen LogP contribution in [0.2, 0.25) is 0 Å². The monoisotopic (exact) mass is 648 g/mol. The summed E-state index contributed by atoms with van der Waals surface area (Å²) in [5, 5.41) is 11.1. The molecule has 1 fully saturated rings. The number of ether oxygens (including phenoxy) is 3. The molecule has 0 spiro atoms. The molecule has 0 bridgehead atoms. The first kappa shape index (κ1) is 32.3. The van der Waals surface area contributed by atoms with Crippen LogP contribution in [-0.4, -0.2) is 70.9 Å². The van der Waals surface area contributed by atoms with Gasteiger partial charge in [0.1, 0.15) is 11.3 Å². The lowest BCUT2D eigenvalue weighted by atomic mass is 9.97. The molecule has 7 rings (SSSR count). The van der Waals surface area contributed by atoms with Gasteiger partial charge in [0.05, 0.1) is 45.7 Å². The average molecular weight is 649 g/mol. The van der Waals surface area contributed by atoms with E-state index in [9.17, 15) is 4.79 Å². The number of aliphatic imine (C=N–C) groups is 1. The van der Waals surface area contributed by atoms with Crippen molar-refractivity contribution in [3.8, 4) is 0 Å². The Bertz CT molecular complexity index is 1750.